The summed E-state index contributed by atoms with van der Waals surface area (Å²) < 4.78 is 1.81. The lowest BCUT2D eigenvalue weighted by Crippen LogP contribution is -2.03. The summed E-state index contributed by atoms with van der Waals surface area (Å²) in [6.07, 6.45) is 3.04. The number of hydrogen-bond acceptors (Lipinski definition) is 4. The number of aromatic nitrogens is 2. The third kappa shape index (κ3) is 1.74. The molecule has 0 bridgehead atoms. The largest absolute Gasteiger partial charge is 0.383 e. The lowest BCUT2D eigenvalue weighted by atomic mass is 10.2. The summed E-state index contributed by atoms with van der Waals surface area (Å²) in [7, 11) is 1.85. The van der Waals surface area contributed by atoms with E-state index in [2.05, 4.69) is 9.98 Å². The molecule has 1 aromatic rings. The minimum Gasteiger partial charge on any atom is -0.383 e. The van der Waals surface area contributed by atoms with Gasteiger partial charge in [0.25, 0.3) is 0 Å². The van der Waals surface area contributed by atoms with Crippen LogP contribution in [-0.2, 0) is 7.05 Å². The first-order chi connectivity index (χ1) is 6.57. The van der Waals surface area contributed by atoms with Gasteiger partial charge in [0.1, 0.15) is 17.3 Å². The van der Waals surface area contributed by atoms with Crippen LogP contribution in [0.15, 0.2) is 4.99 Å². The summed E-state index contributed by atoms with van der Waals surface area (Å²) in [6.45, 7) is 4.07. The average Bonchev–Trinajstić information content (AvgIpc) is 2.42. The number of nitrogens with zero attached hydrogens (tertiary/aromatic N) is 4. The van der Waals surface area contributed by atoms with Gasteiger partial charge in [-0.3, -0.25) is 0 Å². The molecule has 1 aromatic heterocycles. The Morgan fingerprint density at radius 2 is 2.29 bits per heavy atom. The molecule has 0 saturated carbocycles. The SMILES string of the molecule is CC(C)c1nc(C=NC#N)c(N)n1C. The predicted octanol–water partition coefficient (Wildman–Crippen LogP) is 1.03. The van der Waals surface area contributed by atoms with Crippen LogP contribution in [0.2, 0.25) is 0 Å². The van der Waals surface area contributed by atoms with Gasteiger partial charge in [0.15, 0.2) is 0 Å². The van der Waals surface area contributed by atoms with Gasteiger partial charge in [0.2, 0.25) is 6.19 Å². The fraction of sp³-hybridized carbons (Fsp3) is 0.444. The smallest absolute Gasteiger partial charge is 0.205 e. The lowest BCUT2D eigenvalue weighted by molar-refractivity contribution is 0.715. The molecular weight excluding hydrogens is 178 g/mol. The molecule has 0 atom stereocenters. The fourth-order valence-electron chi connectivity index (χ4n) is 1.25. The zero-order valence-electron chi connectivity index (χ0n) is 8.52. The fourth-order valence-corrected chi connectivity index (χ4v) is 1.25. The Morgan fingerprint density at radius 3 is 2.71 bits per heavy atom. The number of nitrogens with two attached hydrogens (primary N) is 1. The molecule has 0 aliphatic rings. The highest BCUT2D eigenvalue weighted by Crippen LogP contribution is 2.17. The molecule has 5 nitrogen and oxygen atoms in total. The second-order valence-corrected chi connectivity index (χ2v) is 3.31. The van der Waals surface area contributed by atoms with E-state index in [0.717, 1.165) is 5.82 Å². The van der Waals surface area contributed by atoms with Crippen molar-refractivity contribution in [2.24, 2.45) is 12.0 Å². The number of imidazole rings is 1. The predicted molar refractivity (Wildman–Crippen MR) is 54.9 cm³/mol. The Bertz CT molecular complexity index is 394. The van der Waals surface area contributed by atoms with Crippen molar-refractivity contribution in [2.75, 3.05) is 5.73 Å². The van der Waals surface area contributed by atoms with E-state index < -0.39 is 0 Å². The molecule has 0 fully saturated rings. The third-order valence-corrected chi connectivity index (χ3v) is 1.96. The van der Waals surface area contributed by atoms with E-state index in [1.54, 1.807) is 6.19 Å². The summed E-state index contributed by atoms with van der Waals surface area (Å²) in [4.78, 5) is 7.73. The van der Waals surface area contributed by atoms with Crippen molar-refractivity contribution in [3.05, 3.63) is 11.5 Å². The Kier molecular flexibility index (Phi) is 2.87. The number of aliphatic imine (C=N–C) groups is 1. The van der Waals surface area contributed by atoms with E-state index in [-0.39, 0.29) is 0 Å². The maximum absolute atomic E-state index is 8.28. The molecule has 14 heavy (non-hydrogen) atoms. The monoisotopic (exact) mass is 191 g/mol. The van der Waals surface area contributed by atoms with Crippen molar-refractivity contribution in [3.63, 3.8) is 0 Å². The molecular formula is C9H13N5. The molecule has 0 saturated heterocycles. The maximum atomic E-state index is 8.28. The second kappa shape index (κ2) is 3.92. The van der Waals surface area contributed by atoms with E-state index >= 15 is 0 Å². The van der Waals surface area contributed by atoms with Crippen LogP contribution in [0.5, 0.6) is 0 Å². The van der Waals surface area contributed by atoms with Crippen LogP contribution < -0.4 is 5.73 Å². The van der Waals surface area contributed by atoms with Crippen LogP contribution in [0.1, 0.15) is 31.3 Å². The van der Waals surface area contributed by atoms with Crippen molar-refractivity contribution in [2.45, 2.75) is 19.8 Å². The molecule has 0 spiro atoms. The molecule has 0 aliphatic carbocycles. The molecule has 5 heteroatoms. The standard InChI is InChI=1S/C9H13N5/c1-6(2)9-13-7(4-12-5-10)8(11)14(9)3/h4,6H,11H2,1-3H3. The van der Waals surface area contributed by atoms with Gasteiger partial charge >= 0.3 is 0 Å². The summed E-state index contributed by atoms with van der Waals surface area (Å²) in [5.41, 5.74) is 6.34. The van der Waals surface area contributed by atoms with Crippen molar-refractivity contribution in [1.29, 1.82) is 5.26 Å². The average molecular weight is 191 g/mol. The van der Waals surface area contributed by atoms with Crippen LogP contribution in [-0.4, -0.2) is 15.8 Å². The minimum atomic E-state index is 0.298. The number of nitrogen functional groups attached to an aromatic ring is 1. The topological polar surface area (TPSA) is 80.0 Å². The minimum absolute atomic E-state index is 0.298. The summed E-state index contributed by atoms with van der Waals surface area (Å²) in [5, 5.41) is 8.28. The molecule has 1 rings (SSSR count). The highest BCUT2D eigenvalue weighted by Gasteiger charge is 2.12. The van der Waals surface area contributed by atoms with Crippen LogP contribution in [0.3, 0.4) is 0 Å². The van der Waals surface area contributed by atoms with Crippen molar-refractivity contribution in [3.8, 4) is 6.19 Å². The van der Waals surface area contributed by atoms with E-state index in [9.17, 15) is 0 Å². The lowest BCUT2D eigenvalue weighted by Gasteiger charge is -2.04. The highest BCUT2D eigenvalue weighted by molar-refractivity contribution is 5.84. The van der Waals surface area contributed by atoms with Gasteiger partial charge in [-0.05, 0) is 0 Å². The summed E-state index contributed by atoms with van der Waals surface area (Å²) in [5.74, 6) is 1.72. The van der Waals surface area contributed by atoms with Gasteiger partial charge in [-0.25, -0.2) is 4.98 Å². The zero-order valence-corrected chi connectivity index (χ0v) is 8.52. The second-order valence-electron chi connectivity index (χ2n) is 3.31. The van der Waals surface area contributed by atoms with Gasteiger partial charge in [-0.15, -0.1) is 0 Å². The maximum Gasteiger partial charge on any atom is 0.205 e. The van der Waals surface area contributed by atoms with Crippen LogP contribution >= 0.6 is 0 Å². The molecule has 1 heterocycles. The van der Waals surface area contributed by atoms with Crippen molar-refractivity contribution < 1.29 is 0 Å². The van der Waals surface area contributed by atoms with Crippen LogP contribution in [0.25, 0.3) is 0 Å². The third-order valence-electron chi connectivity index (χ3n) is 1.96. The Balaban J connectivity index is 3.16. The normalized spacial score (nSPS) is 11.1. The molecule has 74 valence electrons. The van der Waals surface area contributed by atoms with Crippen molar-refractivity contribution >= 4 is 12.0 Å². The van der Waals surface area contributed by atoms with Gasteiger partial charge < -0.3 is 10.3 Å². The number of hydrogen-bond donors (Lipinski definition) is 1. The van der Waals surface area contributed by atoms with E-state index in [1.165, 1.54) is 6.21 Å². The van der Waals surface area contributed by atoms with Crippen LogP contribution in [0.4, 0.5) is 5.82 Å². The van der Waals surface area contributed by atoms with E-state index in [0.29, 0.717) is 17.4 Å². The molecule has 0 unspecified atom stereocenters. The summed E-state index contributed by atoms with van der Waals surface area (Å²) >= 11 is 0. The number of nitriles is 1. The number of anilines is 1. The highest BCUT2D eigenvalue weighted by atomic mass is 15.1. The van der Waals surface area contributed by atoms with E-state index in [1.807, 2.05) is 25.5 Å². The molecule has 0 aliphatic heterocycles. The van der Waals surface area contributed by atoms with Crippen molar-refractivity contribution in [1.82, 2.24) is 9.55 Å². The number of rotatable bonds is 2. The van der Waals surface area contributed by atoms with Gasteiger partial charge in [-0.1, -0.05) is 13.8 Å². The molecule has 2 N–H and O–H groups in total. The van der Waals surface area contributed by atoms with Gasteiger partial charge in [0, 0.05) is 13.0 Å². The first kappa shape index (κ1) is 10.3. The Morgan fingerprint density at radius 1 is 1.64 bits per heavy atom. The van der Waals surface area contributed by atoms with Gasteiger partial charge in [-0.2, -0.15) is 10.3 Å². The van der Waals surface area contributed by atoms with E-state index in [4.69, 9.17) is 11.0 Å². The molecule has 0 amide bonds. The Hall–Kier alpha value is -1.83. The zero-order chi connectivity index (χ0) is 10.7. The molecule has 0 aromatic carbocycles. The first-order valence-corrected chi connectivity index (χ1v) is 4.32. The molecule has 0 radical (unpaired) electrons. The first-order valence-electron chi connectivity index (χ1n) is 4.32. The van der Waals surface area contributed by atoms with Gasteiger partial charge in [0.05, 0.1) is 6.21 Å². The summed E-state index contributed by atoms with van der Waals surface area (Å²) in [6, 6.07) is 0. The Labute approximate surface area is 82.9 Å². The quantitative estimate of drug-likeness (QED) is 0.560. The van der Waals surface area contributed by atoms with Crippen LogP contribution in [0, 0.1) is 11.5 Å².